The Kier molecular flexibility index (Phi) is 4.15. The van der Waals surface area contributed by atoms with Crippen molar-refractivity contribution in [3.63, 3.8) is 0 Å². The summed E-state index contributed by atoms with van der Waals surface area (Å²) in [6.45, 7) is 1.64. The maximum Gasteiger partial charge on any atom is 0.328 e. The monoisotopic (exact) mass is 241 g/mol. The van der Waals surface area contributed by atoms with Gasteiger partial charge in [-0.2, -0.15) is 5.06 Å². The maximum absolute atomic E-state index is 11.1. The molecule has 9 heteroatoms. The summed E-state index contributed by atoms with van der Waals surface area (Å²) >= 11 is 0. The van der Waals surface area contributed by atoms with E-state index < -0.39 is 36.2 Å². The normalized spacial score (nSPS) is 15.6. The van der Waals surface area contributed by atoms with Crippen molar-refractivity contribution in [2.24, 2.45) is 0 Å². The third-order valence-corrected chi connectivity index (χ3v) is 2.49. The van der Waals surface area contributed by atoms with Gasteiger partial charge in [0.25, 0.3) is 5.91 Å². The fourth-order valence-corrected chi connectivity index (χ4v) is 1.78. The summed E-state index contributed by atoms with van der Waals surface area (Å²) < 4.78 is 10.5. The lowest BCUT2D eigenvalue weighted by molar-refractivity contribution is -0.189. The number of carbonyl (C=O) groups excluding carboxylic acids is 2. The summed E-state index contributed by atoms with van der Waals surface area (Å²) in [4.78, 5) is 38.8. The number of amides is 2. The molecule has 4 N–H and O–H groups in total. The molecule has 1 atom stereocenters. The quantitative estimate of drug-likeness (QED) is 0.273. The molecule has 0 aromatic rings. The van der Waals surface area contributed by atoms with Crippen LogP contribution in [0.25, 0.3) is 0 Å². The number of hydrogen-bond donors (Lipinski definition) is 4. The molecule has 0 saturated carbocycles. The van der Waals surface area contributed by atoms with E-state index in [1.807, 2.05) is 0 Å². The van der Waals surface area contributed by atoms with Gasteiger partial charge >= 0.3 is 7.60 Å². The average molecular weight is 241 g/mol. The van der Waals surface area contributed by atoms with Crippen LogP contribution in [0.3, 0.4) is 0 Å². The Hall–Kier alpha value is -0.790. The van der Waals surface area contributed by atoms with Gasteiger partial charge < -0.3 is 14.9 Å². The second kappa shape index (κ2) is 4.38. The van der Waals surface area contributed by atoms with E-state index in [1.54, 1.807) is 0 Å². The lowest BCUT2D eigenvalue weighted by atomic mass is 10.1. The van der Waals surface area contributed by atoms with Crippen molar-refractivity contribution in [1.29, 1.82) is 0 Å². The van der Waals surface area contributed by atoms with Crippen molar-refractivity contribution in [3.8, 4) is 0 Å². The molecule has 2 amide bonds. The molecule has 0 aromatic heterocycles. The number of hydrogen-bond acceptors (Lipinski definition) is 5. The number of imide groups is 1. The van der Waals surface area contributed by atoms with Crippen LogP contribution in [0.2, 0.25) is 0 Å². The largest absolute Gasteiger partial charge is 0.380 e. The Labute approximate surface area is 85.2 Å². The molecule has 0 bridgehead atoms. The molecule has 0 aromatic carbocycles. The molecule has 0 rings (SSSR count). The molecule has 0 radical (unpaired) electrons. The number of rotatable bonds is 3. The van der Waals surface area contributed by atoms with Crippen molar-refractivity contribution in [1.82, 2.24) is 5.06 Å². The van der Waals surface area contributed by atoms with Crippen LogP contribution in [-0.2, 0) is 14.2 Å². The van der Waals surface area contributed by atoms with Crippen LogP contribution in [0, 0.1) is 0 Å². The molecule has 0 spiro atoms. The predicted octanol–water partition coefficient (Wildman–Crippen LogP) is -1.32. The Morgan fingerprint density at radius 3 is 2.07 bits per heavy atom. The highest BCUT2D eigenvalue weighted by molar-refractivity contribution is 7.51. The van der Waals surface area contributed by atoms with Crippen molar-refractivity contribution >= 4 is 19.4 Å². The zero-order valence-electron chi connectivity index (χ0n) is 8.12. The van der Waals surface area contributed by atoms with E-state index in [-0.39, 0.29) is 0 Å². The SMILES string of the molecule is CC(=O)N(O)C(=O)C(C)(O)CP(=O)(O)O. The third kappa shape index (κ3) is 4.50. The molecule has 8 nitrogen and oxygen atoms in total. The molecular formula is C6H12NO7P. The fourth-order valence-electron chi connectivity index (χ4n) is 0.840. The second-order valence-electron chi connectivity index (χ2n) is 3.23. The predicted molar refractivity (Wildman–Crippen MR) is 46.8 cm³/mol. The number of aliphatic hydroxyl groups is 1. The van der Waals surface area contributed by atoms with Crippen molar-refractivity contribution in [2.45, 2.75) is 19.4 Å². The van der Waals surface area contributed by atoms with Crippen molar-refractivity contribution < 1.29 is 34.3 Å². The third-order valence-electron chi connectivity index (χ3n) is 1.47. The van der Waals surface area contributed by atoms with E-state index in [1.165, 1.54) is 0 Å². The van der Waals surface area contributed by atoms with Crippen LogP contribution < -0.4 is 0 Å². The molecular weight excluding hydrogens is 229 g/mol. The Morgan fingerprint density at radius 2 is 1.80 bits per heavy atom. The van der Waals surface area contributed by atoms with E-state index in [2.05, 4.69) is 0 Å². The molecule has 0 aliphatic rings. The van der Waals surface area contributed by atoms with Crippen LogP contribution in [0.1, 0.15) is 13.8 Å². The van der Waals surface area contributed by atoms with Gasteiger partial charge in [-0.05, 0) is 6.92 Å². The fraction of sp³-hybridized carbons (Fsp3) is 0.667. The second-order valence-corrected chi connectivity index (χ2v) is 4.88. The van der Waals surface area contributed by atoms with Crippen molar-refractivity contribution in [2.75, 3.05) is 6.16 Å². The van der Waals surface area contributed by atoms with E-state index in [4.69, 9.17) is 15.0 Å². The summed E-state index contributed by atoms with van der Waals surface area (Å²) in [7, 11) is -4.63. The molecule has 88 valence electrons. The van der Waals surface area contributed by atoms with Crippen LogP contribution in [0.15, 0.2) is 0 Å². The molecule has 0 heterocycles. The highest BCUT2D eigenvalue weighted by Gasteiger charge is 2.41. The van der Waals surface area contributed by atoms with Crippen LogP contribution in [-0.4, -0.2) is 48.7 Å². The van der Waals surface area contributed by atoms with Gasteiger partial charge in [-0.3, -0.25) is 19.4 Å². The maximum atomic E-state index is 11.1. The van der Waals surface area contributed by atoms with Gasteiger partial charge in [0.1, 0.15) is 0 Å². The first-order valence-electron chi connectivity index (χ1n) is 3.78. The van der Waals surface area contributed by atoms with Crippen molar-refractivity contribution in [3.05, 3.63) is 0 Å². The van der Waals surface area contributed by atoms with E-state index in [0.29, 0.717) is 0 Å². The number of hydroxylamine groups is 2. The van der Waals surface area contributed by atoms with Gasteiger partial charge in [0.05, 0.1) is 6.16 Å². The summed E-state index contributed by atoms with van der Waals surface area (Å²) in [6.07, 6.45) is -1.18. The first-order chi connectivity index (χ1) is 6.47. The number of carbonyl (C=O) groups is 2. The zero-order valence-corrected chi connectivity index (χ0v) is 9.01. The highest BCUT2D eigenvalue weighted by atomic mass is 31.2. The molecule has 15 heavy (non-hydrogen) atoms. The lowest BCUT2D eigenvalue weighted by Gasteiger charge is -2.24. The minimum Gasteiger partial charge on any atom is -0.380 e. The number of nitrogens with zero attached hydrogens (tertiary/aromatic N) is 1. The van der Waals surface area contributed by atoms with E-state index in [9.17, 15) is 19.3 Å². The highest BCUT2D eigenvalue weighted by Crippen LogP contribution is 2.38. The van der Waals surface area contributed by atoms with Gasteiger partial charge in [0.15, 0.2) is 5.60 Å². The first-order valence-corrected chi connectivity index (χ1v) is 5.58. The van der Waals surface area contributed by atoms with Gasteiger partial charge in [0, 0.05) is 6.92 Å². The molecule has 0 fully saturated rings. The molecule has 0 saturated heterocycles. The summed E-state index contributed by atoms with van der Waals surface area (Å²) in [5.41, 5.74) is -2.50. The molecule has 0 aliphatic heterocycles. The lowest BCUT2D eigenvalue weighted by Crippen LogP contribution is -2.49. The van der Waals surface area contributed by atoms with Gasteiger partial charge in [-0.1, -0.05) is 0 Å². The summed E-state index contributed by atoms with van der Waals surface area (Å²) in [5.74, 6) is -2.55. The smallest absolute Gasteiger partial charge is 0.328 e. The van der Waals surface area contributed by atoms with E-state index >= 15 is 0 Å². The average Bonchev–Trinajstić information content (AvgIpc) is 1.96. The van der Waals surface area contributed by atoms with Crippen LogP contribution in [0.5, 0.6) is 0 Å². The van der Waals surface area contributed by atoms with E-state index in [0.717, 1.165) is 13.8 Å². The summed E-state index contributed by atoms with van der Waals surface area (Å²) in [6, 6.07) is 0. The Balaban J connectivity index is 4.81. The zero-order chi connectivity index (χ0) is 12.4. The Bertz CT molecular complexity index is 319. The molecule has 0 aliphatic carbocycles. The first kappa shape index (κ1) is 14.2. The topological polar surface area (TPSA) is 135 Å². The minimum absolute atomic E-state index is 0.393. The van der Waals surface area contributed by atoms with Gasteiger partial charge in [-0.25, -0.2) is 0 Å². The van der Waals surface area contributed by atoms with Gasteiger partial charge in [-0.15, -0.1) is 0 Å². The minimum atomic E-state index is -4.63. The molecule has 1 unspecified atom stereocenters. The summed E-state index contributed by atoms with van der Waals surface area (Å²) in [5, 5.41) is 17.8. The standard InChI is InChI=1S/C6H12NO7P/c1-4(8)7(11)5(9)6(2,10)3-15(12,13)14/h10-11H,3H2,1-2H3,(H2,12,13,14). The Morgan fingerprint density at radius 1 is 1.40 bits per heavy atom. The van der Waals surface area contributed by atoms with Gasteiger partial charge in [0.2, 0.25) is 5.91 Å². The van der Waals surface area contributed by atoms with Crippen LogP contribution in [0.4, 0.5) is 0 Å². The van der Waals surface area contributed by atoms with Crippen LogP contribution >= 0.6 is 7.60 Å².